The molecule has 1 heterocycles. The average Bonchev–Trinajstić information content (AvgIpc) is 3.34. The van der Waals surface area contributed by atoms with Crippen LogP contribution in [0.5, 0.6) is 5.75 Å². The van der Waals surface area contributed by atoms with Crippen LogP contribution in [-0.4, -0.2) is 28.5 Å². The van der Waals surface area contributed by atoms with Crippen LogP contribution in [0, 0.1) is 5.82 Å². The van der Waals surface area contributed by atoms with E-state index in [4.69, 9.17) is 4.74 Å². The quantitative estimate of drug-likeness (QED) is 0.588. The van der Waals surface area contributed by atoms with Gasteiger partial charge in [0, 0.05) is 17.8 Å². The van der Waals surface area contributed by atoms with Crippen molar-refractivity contribution in [2.24, 2.45) is 0 Å². The third kappa shape index (κ3) is 4.87. The molecule has 162 valence electrons. The summed E-state index contributed by atoms with van der Waals surface area (Å²) in [5.41, 5.74) is 3.38. The number of fused-ring (bicyclic) bond motifs is 1. The van der Waals surface area contributed by atoms with Crippen LogP contribution in [0.4, 0.5) is 17.6 Å². The number of carbonyl (C=O) groups is 1. The first-order chi connectivity index (χ1) is 14.8. The maximum absolute atomic E-state index is 13.2. The molecule has 1 amide bonds. The van der Waals surface area contributed by atoms with Crippen molar-refractivity contribution in [1.82, 2.24) is 15.1 Å². The Morgan fingerprint density at radius 3 is 2.65 bits per heavy atom. The van der Waals surface area contributed by atoms with Crippen LogP contribution in [0.1, 0.15) is 33.7 Å². The van der Waals surface area contributed by atoms with E-state index >= 15 is 0 Å². The highest BCUT2D eigenvalue weighted by Crippen LogP contribution is 2.28. The highest BCUT2D eigenvalue weighted by Gasteiger charge is 2.29. The lowest BCUT2D eigenvalue weighted by molar-refractivity contribution is -0.153. The molecule has 31 heavy (non-hydrogen) atoms. The molecule has 0 saturated heterocycles. The summed E-state index contributed by atoms with van der Waals surface area (Å²) in [6.45, 7) is -1.27. The number of nitrogens with one attached hydrogen (secondary N) is 1. The number of nitrogens with zero attached hydrogens (tertiary/aromatic N) is 2. The summed E-state index contributed by atoms with van der Waals surface area (Å²) in [6, 6.07) is 12.0. The molecule has 0 unspecified atom stereocenters. The SMILES string of the molecule is O=C(NCc1cccc(OCC(F)(F)F)c1)c1nn(-c2ccc(F)cc2)c2c1CCC2. The van der Waals surface area contributed by atoms with Gasteiger partial charge in [-0.1, -0.05) is 12.1 Å². The molecule has 1 aromatic heterocycles. The van der Waals surface area contributed by atoms with Gasteiger partial charge >= 0.3 is 6.18 Å². The largest absolute Gasteiger partial charge is 0.484 e. The Kier molecular flexibility index (Phi) is 5.67. The third-order valence-electron chi connectivity index (χ3n) is 4.97. The number of ether oxygens (including phenoxy) is 1. The molecule has 5 nitrogen and oxygen atoms in total. The van der Waals surface area contributed by atoms with Crippen molar-refractivity contribution in [1.29, 1.82) is 0 Å². The van der Waals surface area contributed by atoms with Crippen LogP contribution in [0.25, 0.3) is 5.69 Å². The maximum atomic E-state index is 13.2. The van der Waals surface area contributed by atoms with Gasteiger partial charge in [0.25, 0.3) is 5.91 Å². The van der Waals surface area contributed by atoms with E-state index in [1.807, 2.05) is 0 Å². The molecular formula is C22H19F4N3O2. The molecule has 0 saturated carbocycles. The van der Waals surface area contributed by atoms with Crippen LogP contribution in [0.2, 0.25) is 0 Å². The summed E-state index contributed by atoms with van der Waals surface area (Å²) in [4.78, 5) is 12.8. The van der Waals surface area contributed by atoms with Gasteiger partial charge in [-0.2, -0.15) is 18.3 Å². The van der Waals surface area contributed by atoms with Crippen LogP contribution in [0.15, 0.2) is 48.5 Å². The lowest BCUT2D eigenvalue weighted by Gasteiger charge is -2.10. The van der Waals surface area contributed by atoms with E-state index in [-0.39, 0.29) is 24.0 Å². The van der Waals surface area contributed by atoms with Crippen molar-refractivity contribution in [2.75, 3.05) is 6.61 Å². The van der Waals surface area contributed by atoms with Gasteiger partial charge in [-0.25, -0.2) is 9.07 Å². The summed E-state index contributed by atoms with van der Waals surface area (Å²) in [7, 11) is 0. The standard InChI is InChI=1S/C22H19F4N3O2/c23-15-7-9-16(10-8-15)29-19-6-2-5-18(19)20(28-29)21(30)27-12-14-3-1-4-17(11-14)31-13-22(24,25)26/h1,3-4,7-11H,2,5-6,12-13H2,(H,27,30). The number of aromatic nitrogens is 2. The van der Waals surface area contributed by atoms with Crippen molar-refractivity contribution < 1.29 is 27.1 Å². The Hall–Kier alpha value is -3.36. The Bertz CT molecular complexity index is 1090. The monoisotopic (exact) mass is 433 g/mol. The highest BCUT2D eigenvalue weighted by atomic mass is 19.4. The zero-order chi connectivity index (χ0) is 22.0. The van der Waals surface area contributed by atoms with Gasteiger partial charge in [-0.05, 0) is 61.2 Å². The fourth-order valence-corrected chi connectivity index (χ4v) is 3.59. The molecule has 9 heteroatoms. The molecular weight excluding hydrogens is 414 g/mol. The average molecular weight is 433 g/mol. The number of alkyl halides is 3. The second-order valence-electron chi connectivity index (χ2n) is 7.25. The Morgan fingerprint density at radius 2 is 1.90 bits per heavy atom. The first-order valence-corrected chi connectivity index (χ1v) is 9.73. The normalized spacial score (nSPS) is 13.2. The van der Waals surface area contributed by atoms with Crippen molar-refractivity contribution >= 4 is 5.91 Å². The van der Waals surface area contributed by atoms with Gasteiger partial charge in [0.1, 0.15) is 11.6 Å². The predicted molar refractivity (Wildman–Crippen MR) is 105 cm³/mol. The number of carbonyl (C=O) groups excluding carboxylic acids is 1. The highest BCUT2D eigenvalue weighted by molar-refractivity contribution is 5.94. The first kappa shape index (κ1) is 20.9. The van der Waals surface area contributed by atoms with Crippen LogP contribution < -0.4 is 10.1 Å². The van der Waals surface area contributed by atoms with Gasteiger partial charge in [-0.3, -0.25) is 4.79 Å². The predicted octanol–water partition coefficient (Wildman–Crippen LogP) is 4.37. The number of amides is 1. The summed E-state index contributed by atoms with van der Waals surface area (Å²) in [6.07, 6.45) is -2.03. The minimum Gasteiger partial charge on any atom is -0.484 e. The molecule has 0 bridgehead atoms. The number of halogens is 4. The molecule has 3 aromatic rings. The van der Waals surface area contributed by atoms with E-state index in [2.05, 4.69) is 10.4 Å². The number of rotatable bonds is 6. The van der Waals surface area contributed by atoms with Crippen molar-refractivity contribution in [3.8, 4) is 11.4 Å². The Labute approximate surface area is 175 Å². The maximum Gasteiger partial charge on any atom is 0.422 e. The summed E-state index contributed by atoms with van der Waals surface area (Å²) in [5, 5.41) is 7.22. The van der Waals surface area contributed by atoms with Gasteiger partial charge in [-0.15, -0.1) is 0 Å². The zero-order valence-electron chi connectivity index (χ0n) is 16.4. The van der Waals surface area contributed by atoms with Crippen LogP contribution in [-0.2, 0) is 19.4 Å². The summed E-state index contributed by atoms with van der Waals surface area (Å²) >= 11 is 0. The van der Waals surface area contributed by atoms with Crippen molar-refractivity contribution in [3.05, 3.63) is 76.9 Å². The minimum absolute atomic E-state index is 0.0746. The van der Waals surface area contributed by atoms with E-state index in [9.17, 15) is 22.4 Å². The molecule has 4 rings (SSSR count). The number of hydrogen-bond acceptors (Lipinski definition) is 3. The van der Waals surface area contributed by atoms with Crippen LogP contribution >= 0.6 is 0 Å². The first-order valence-electron chi connectivity index (χ1n) is 9.73. The topological polar surface area (TPSA) is 56.1 Å². The molecule has 0 spiro atoms. The lowest BCUT2D eigenvalue weighted by atomic mass is 10.1. The van der Waals surface area contributed by atoms with E-state index in [1.54, 1.807) is 28.9 Å². The minimum atomic E-state index is -4.42. The second-order valence-corrected chi connectivity index (χ2v) is 7.25. The number of hydrogen-bond donors (Lipinski definition) is 1. The summed E-state index contributed by atoms with van der Waals surface area (Å²) in [5.74, 6) is -0.655. The molecule has 0 atom stereocenters. The van der Waals surface area contributed by atoms with E-state index in [1.165, 1.54) is 24.3 Å². The van der Waals surface area contributed by atoms with E-state index in [0.717, 1.165) is 30.5 Å². The van der Waals surface area contributed by atoms with Gasteiger partial charge in [0.2, 0.25) is 0 Å². The smallest absolute Gasteiger partial charge is 0.422 e. The van der Waals surface area contributed by atoms with Crippen LogP contribution in [0.3, 0.4) is 0 Å². The third-order valence-corrected chi connectivity index (χ3v) is 4.97. The van der Waals surface area contributed by atoms with E-state index in [0.29, 0.717) is 16.9 Å². The van der Waals surface area contributed by atoms with E-state index < -0.39 is 12.8 Å². The molecule has 0 radical (unpaired) electrons. The van der Waals surface area contributed by atoms with Gasteiger partial charge in [0.15, 0.2) is 12.3 Å². The summed E-state index contributed by atoms with van der Waals surface area (Å²) < 4.78 is 56.6. The molecule has 1 aliphatic rings. The fourth-order valence-electron chi connectivity index (χ4n) is 3.59. The second kappa shape index (κ2) is 8.41. The molecule has 2 aromatic carbocycles. The Morgan fingerprint density at radius 1 is 1.13 bits per heavy atom. The van der Waals surface area contributed by atoms with Crippen molar-refractivity contribution in [2.45, 2.75) is 32.0 Å². The fraction of sp³-hybridized carbons (Fsp3) is 0.273. The molecule has 0 fully saturated rings. The van der Waals surface area contributed by atoms with Crippen molar-refractivity contribution in [3.63, 3.8) is 0 Å². The number of benzene rings is 2. The molecule has 0 aliphatic heterocycles. The van der Waals surface area contributed by atoms with Gasteiger partial charge in [0.05, 0.1) is 5.69 Å². The zero-order valence-corrected chi connectivity index (χ0v) is 16.4. The molecule has 1 N–H and O–H groups in total. The molecule has 1 aliphatic carbocycles. The van der Waals surface area contributed by atoms with Gasteiger partial charge < -0.3 is 10.1 Å². The Balaban J connectivity index is 1.47. The lowest BCUT2D eigenvalue weighted by Crippen LogP contribution is -2.24.